The van der Waals surface area contributed by atoms with E-state index in [0.717, 1.165) is 24.2 Å². The van der Waals surface area contributed by atoms with E-state index in [2.05, 4.69) is 6.92 Å². The van der Waals surface area contributed by atoms with Crippen LogP contribution in [0.25, 0.3) is 0 Å². The zero-order valence-electron chi connectivity index (χ0n) is 10.1. The second-order valence-corrected chi connectivity index (χ2v) is 5.45. The van der Waals surface area contributed by atoms with Crippen molar-refractivity contribution in [2.24, 2.45) is 11.7 Å². The van der Waals surface area contributed by atoms with E-state index in [0.29, 0.717) is 5.92 Å². The number of hydrogen-bond acceptors (Lipinski definition) is 2. The van der Waals surface area contributed by atoms with Crippen LogP contribution in [0.1, 0.15) is 44.2 Å². The normalized spacial score (nSPS) is 35.7. The van der Waals surface area contributed by atoms with Gasteiger partial charge in [-0.1, -0.05) is 6.92 Å². The Balaban J connectivity index is 2.01. The van der Waals surface area contributed by atoms with Crippen molar-refractivity contribution in [2.45, 2.75) is 44.2 Å². The second-order valence-electron chi connectivity index (χ2n) is 5.45. The first kappa shape index (κ1) is 11.0. The first-order chi connectivity index (χ1) is 8.11. The van der Waals surface area contributed by atoms with Crippen LogP contribution in [0.4, 0.5) is 4.39 Å². The maximum atomic E-state index is 13.2. The second kappa shape index (κ2) is 3.70. The van der Waals surface area contributed by atoms with E-state index in [1.54, 1.807) is 6.07 Å². The monoisotopic (exact) mass is 235 g/mol. The quantitative estimate of drug-likeness (QED) is 0.749. The lowest BCUT2D eigenvalue weighted by molar-refractivity contribution is 0.00651. The first-order valence-corrected chi connectivity index (χ1v) is 6.35. The van der Waals surface area contributed by atoms with E-state index in [4.69, 9.17) is 10.5 Å². The highest BCUT2D eigenvalue weighted by molar-refractivity contribution is 5.39. The van der Waals surface area contributed by atoms with E-state index in [9.17, 15) is 4.39 Å². The van der Waals surface area contributed by atoms with E-state index >= 15 is 0 Å². The molecular formula is C14H18FNO. The van der Waals surface area contributed by atoms with Gasteiger partial charge in [-0.2, -0.15) is 0 Å². The fraction of sp³-hybridized carbons (Fsp3) is 0.571. The number of fused-ring (bicyclic) bond motifs is 1. The van der Waals surface area contributed by atoms with Crippen molar-refractivity contribution < 1.29 is 9.13 Å². The molecule has 3 heteroatoms. The van der Waals surface area contributed by atoms with Gasteiger partial charge in [-0.3, -0.25) is 0 Å². The molecule has 2 nitrogen and oxygen atoms in total. The summed E-state index contributed by atoms with van der Waals surface area (Å²) in [5.41, 5.74) is 6.89. The van der Waals surface area contributed by atoms with Crippen molar-refractivity contribution in [3.05, 3.63) is 29.6 Å². The first-order valence-electron chi connectivity index (χ1n) is 6.35. The van der Waals surface area contributed by atoms with Gasteiger partial charge in [-0.05, 0) is 43.4 Å². The molecule has 0 radical (unpaired) electrons. The largest absolute Gasteiger partial charge is 0.487 e. The van der Waals surface area contributed by atoms with Crippen LogP contribution in [0.3, 0.4) is 0 Å². The van der Waals surface area contributed by atoms with Crippen LogP contribution in [-0.2, 0) is 0 Å². The Bertz CT molecular complexity index is 448. The number of nitrogens with two attached hydrogens (primary N) is 1. The lowest BCUT2D eigenvalue weighted by Crippen LogP contribution is -2.45. The molecule has 3 atom stereocenters. The third kappa shape index (κ3) is 1.64. The number of rotatable bonds is 0. The van der Waals surface area contributed by atoms with Gasteiger partial charge in [0, 0.05) is 18.0 Å². The minimum absolute atomic E-state index is 0.102. The lowest BCUT2D eigenvalue weighted by atomic mass is 9.81. The summed E-state index contributed by atoms with van der Waals surface area (Å²) in [5, 5.41) is 0. The third-order valence-corrected chi connectivity index (χ3v) is 4.39. The number of hydrogen-bond donors (Lipinski definition) is 1. The van der Waals surface area contributed by atoms with Crippen LogP contribution in [0.2, 0.25) is 0 Å². The Morgan fingerprint density at radius 3 is 3.00 bits per heavy atom. The molecule has 1 aliphatic carbocycles. The highest BCUT2D eigenvalue weighted by Gasteiger charge is 2.46. The summed E-state index contributed by atoms with van der Waals surface area (Å²) in [7, 11) is 0. The summed E-state index contributed by atoms with van der Waals surface area (Å²) in [6, 6.07) is 4.57. The van der Waals surface area contributed by atoms with Crippen LogP contribution in [-0.4, -0.2) is 5.60 Å². The van der Waals surface area contributed by atoms with Gasteiger partial charge >= 0.3 is 0 Å². The van der Waals surface area contributed by atoms with Crippen LogP contribution >= 0.6 is 0 Å². The molecule has 17 heavy (non-hydrogen) atoms. The summed E-state index contributed by atoms with van der Waals surface area (Å²) in [6.45, 7) is 2.23. The Kier molecular flexibility index (Phi) is 2.40. The molecule has 2 unspecified atom stereocenters. The van der Waals surface area contributed by atoms with Crippen molar-refractivity contribution in [3.63, 3.8) is 0 Å². The number of halogens is 1. The van der Waals surface area contributed by atoms with Crippen LogP contribution < -0.4 is 10.5 Å². The van der Waals surface area contributed by atoms with Gasteiger partial charge in [-0.15, -0.1) is 0 Å². The minimum Gasteiger partial charge on any atom is -0.487 e. The fourth-order valence-electron chi connectivity index (χ4n) is 3.32. The molecule has 0 saturated heterocycles. The summed E-state index contributed by atoms with van der Waals surface area (Å²) in [5.74, 6) is 1.07. The standard InChI is InChI=1S/C14H18FNO/c1-9-3-2-6-14(9)8-12(16)11-7-10(15)4-5-13(11)17-14/h4-5,7,9,12H,2-3,6,8,16H2,1H3/t9?,12-,14?/m0/s1. The summed E-state index contributed by atoms with van der Waals surface area (Å²) in [4.78, 5) is 0. The van der Waals surface area contributed by atoms with Gasteiger partial charge in [0.15, 0.2) is 0 Å². The molecule has 2 aliphatic rings. The molecule has 3 rings (SSSR count). The fourth-order valence-corrected chi connectivity index (χ4v) is 3.32. The van der Waals surface area contributed by atoms with Crippen molar-refractivity contribution in [1.82, 2.24) is 0 Å². The van der Waals surface area contributed by atoms with E-state index in [-0.39, 0.29) is 17.5 Å². The van der Waals surface area contributed by atoms with Gasteiger partial charge in [0.1, 0.15) is 17.2 Å². The summed E-state index contributed by atoms with van der Waals surface area (Å²) < 4.78 is 19.4. The molecule has 1 saturated carbocycles. The highest BCUT2D eigenvalue weighted by Crippen LogP contribution is 2.49. The van der Waals surface area contributed by atoms with Crippen molar-refractivity contribution in [2.75, 3.05) is 0 Å². The van der Waals surface area contributed by atoms with Gasteiger partial charge < -0.3 is 10.5 Å². The topological polar surface area (TPSA) is 35.2 Å². The Labute approximate surface area is 101 Å². The molecule has 0 aromatic heterocycles. The minimum atomic E-state index is -0.238. The van der Waals surface area contributed by atoms with Gasteiger partial charge in [0.05, 0.1) is 0 Å². The highest BCUT2D eigenvalue weighted by atomic mass is 19.1. The maximum absolute atomic E-state index is 13.2. The number of benzene rings is 1. The van der Waals surface area contributed by atoms with Crippen molar-refractivity contribution in [3.8, 4) is 5.75 Å². The predicted molar refractivity (Wildman–Crippen MR) is 64.3 cm³/mol. The lowest BCUT2D eigenvalue weighted by Gasteiger charge is -2.41. The number of ether oxygens (including phenoxy) is 1. The molecule has 0 bridgehead atoms. The summed E-state index contributed by atoms with van der Waals surface area (Å²) in [6.07, 6.45) is 4.27. The van der Waals surface area contributed by atoms with E-state index in [1.807, 2.05) is 0 Å². The third-order valence-electron chi connectivity index (χ3n) is 4.39. The van der Waals surface area contributed by atoms with Crippen LogP contribution in [0, 0.1) is 11.7 Å². The van der Waals surface area contributed by atoms with Gasteiger partial charge in [0.25, 0.3) is 0 Å². The molecule has 1 fully saturated rings. The molecule has 92 valence electrons. The van der Waals surface area contributed by atoms with Gasteiger partial charge in [0.2, 0.25) is 0 Å². The molecule has 1 aromatic rings. The smallest absolute Gasteiger partial charge is 0.125 e. The van der Waals surface area contributed by atoms with Crippen molar-refractivity contribution >= 4 is 0 Å². The molecular weight excluding hydrogens is 217 g/mol. The molecule has 1 spiro atoms. The predicted octanol–water partition coefficient (Wildman–Crippen LogP) is 3.17. The van der Waals surface area contributed by atoms with E-state index < -0.39 is 0 Å². The Morgan fingerprint density at radius 1 is 1.47 bits per heavy atom. The van der Waals surface area contributed by atoms with E-state index in [1.165, 1.54) is 25.0 Å². The zero-order valence-corrected chi connectivity index (χ0v) is 10.1. The molecule has 0 amide bonds. The molecule has 2 N–H and O–H groups in total. The SMILES string of the molecule is CC1CCCC12C[C@H](N)c1cc(F)ccc1O2. The Morgan fingerprint density at radius 2 is 2.29 bits per heavy atom. The molecule has 1 heterocycles. The Hall–Kier alpha value is -1.09. The van der Waals surface area contributed by atoms with Gasteiger partial charge in [-0.25, -0.2) is 4.39 Å². The van der Waals surface area contributed by atoms with Crippen LogP contribution in [0.5, 0.6) is 5.75 Å². The average molecular weight is 235 g/mol. The zero-order chi connectivity index (χ0) is 12.0. The molecule has 1 aliphatic heterocycles. The van der Waals surface area contributed by atoms with Crippen molar-refractivity contribution in [1.29, 1.82) is 0 Å². The van der Waals surface area contributed by atoms with Crippen LogP contribution in [0.15, 0.2) is 18.2 Å². The molecule has 1 aromatic carbocycles. The average Bonchev–Trinajstić information content (AvgIpc) is 2.62. The maximum Gasteiger partial charge on any atom is 0.125 e. The summed E-state index contributed by atoms with van der Waals surface area (Å²) >= 11 is 0.